The van der Waals surface area contributed by atoms with Crippen LogP contribution in [0.3, 0.4) is 0 Å². The van der Waals surface area contributed by atoms with Gasteiger partial charge in [0.05, 0.1) is 18.9 Å². The van der Waals surface area contributed by atoms with Crippen molar-refractivity contribution in [3.8, 4) is 0 Å². The maximum Gasteiger partial charge on any atom is 0.337 e. The van der Waals surface area contributed by atoms with Crippen molar-refractivity contribution in [2.24, 2.45) is 17.8 Å². The number of hydrogen-bond acceptors (Lipinski definition) is 6. The van der Waals surface area contributed by atoms with E-state index in [1.807, 2.05) is 6.92 Å². The molecule has 0 aromatic heterocycles. The first-order valence-corrected chi connectivity index (χ1v) is 6.24. The number of ether oxygens (including phenoxy) is 3. The van der Waals surface area contributed by atoms with Gasteiger partial charge >= 0.3 is 11.9 Å². The van der Waals surface area contributed by atoms with Crippen LogP contribution in [0.15, 0.2) is 11.8 Å². The number of carbonyl (C=O) groups is 2. The highest BCUT2D eigenvalue weighted by Crippen LogP contribution is 2.47. The largest absolute Gasteiger partial charge is 0.472 e. The zero-order valence-corrected chi connectivity index (χ0v) is 11.2. The van der Waals surface area contributed by atoms with E-state index in [0.29, 0.717) is 12.0 Å². The van der Waals surface area contributed by atoms with Crippen LogP contribution >= 0.6 is 0 Å². The highest BCUT2D eigenvalue weighted by molar-refractivity contribution is 5.89. The topological polar surface area (TPSA) is 82.1 Å². The van der Waals surface area contributed by atoms with Gasteiger partial charge < -0.3 is 19.3 Å². The molecule has 6 nitrogen and oxygen atoms in total. The molecule has 19 heavy (non-hydrogen) atoms. The standard InChI is InChI=1S/C13H18O6/c1-6-10(19-7(2)14)4-8-9(12(15)17-3)5-18-13(16)11(6)8/h5-6,8,10-11,13,16H,4H2,1-3H3/t6-,8+,10-,11+,13+/m1/s1. The number of rotatable bonds is 2. The second-order valence-corrected chi connectivity index (χ2v) is 5.02. The van der Waals surface area contributed by atoms with E-state index in [1.54, 1.807) is 0 Å². The Balaban J connectivity index is 2.23. The first-order chi connectivity index (χ1) is 8.95. The Morgan fingerprint density at radius 1 is 1.47 bits per heavy atom. The molecule has 0 unspecified atom stereocenters. The SMILES string of the molecule is COC(=O)C1=CO[C@H](O)[C@H]2[C@H](C)[C@H](OC(C)=O)C[C@@H]12. The second-order valence-electron chi connectivity index (χ2n) is 5.02. The van der Waals surface area contributed by atoms with Crippen molar-refractivity contribution in [2.75, 3.05) is 7.11 Å². The molecule has 1 aliphatic heterocycles. The lowest BCUT2D eigenvalue weighted by Gasteiger charge is -2.31. The molecule has 1 N–H and O–H groups in total. The molecule has 2 rings (SSSR count). The summed E-state index contributed by atoms with van der Waals surface area (Å²) in [5.41, 5.74) is 0.388. The van der Waals surface area contributed by atoms with E-state index in [1.165, 1.54) is 20.3 Å². The maximum atomic E-state index is 11.7. The summed E-state index contributed by atoms with van der Waals surface area (Å²) in [6.45, 7) is 3.23. The van der Waals surface area contributed by atoms with Crippen molar-refractivity contribution < 1.29 is 28.9 Å². The number of aliphatic hydroxyl groups excluding tert-OH is 1. The van der Waals surface area contributed by atoms with E-state index in [9.17, 15) is 14.7 Å². The molecular formula is C13H18O6. The van der Waals surface area contributed by atoms with Crippen molar-refractivity contribution in [3.63, 3.8) is 0 Å². The van der Waals surface area contributed by atoms with Gasteiger partial charge in [-0.05, 0) is 6.42 Å². The predicted octanol–water partition coefficient (Wildman–Crippen LogP) is 0.596. The summed E-state index contributed by atoms with van der Waals surface area (Å²) in [5, 5.41) is 9.91. The molecule has 106 valence electrons. The smallest absolute Gasteiger partial charge is 0.337 e. The zero-order chi connectivity index (χ0) is 14.2. The van der Waals surface area contributed by atoms with Gasteiger partial charge in [0.1, 0.15) is 6.10 Å². The second kappa shape index (κ2) is 5.21. The zero-order valence-electron chi connectivity index (χ0n) is 11.2. The van der Waals surface area contributed by atoms with Crippen LogP contribution in [0.4, 0.5) is 0 Å². The fourth-order valence-corrected chi connectivity index (χ4v) is 3.04. The normalized spacial score (nSPS) is 36.8. The first-order valence-electron chi connectivity index (χ1n) is 6.24. The Labute approximate surface area is 111 Å². The highest BCUT2D eigenvalue weighted by Gasteiger charge is 2.51. The summed E-state index contributed by atoms with van der Waals surface area (Å²) in [5.74, 6) is -1.41. The Bertz CT molecular complexity index is 415. The van der Waals surface area contributed by atoms with E-state index < -0.39 is 12.3 Å². The average molecular weight is 270 g/mol. The van der Waals surface area contributed by atoms with Crippen LogP contribution in [0.25, 0.3) is 0 Å². The molecule has 6 heteroatoms. The lowest BCUT2D eigenvalue weighted by atomic mass is 9.83. The Morgan fingerprint density at radius 3 is 2.74 bits per heavy atom. The van der Waals surface area contributed by atoms with Crippen molar-refractivity contribution in [1.82, 2.24) is 0 Å². The van der Waals surface area contributed by atoms with E-state index in [0.717, 1.165) is 0 Å². The molecule has 1 saturated carbocycles. The number of hydrogen-bond donors (Lipinski definition) is 1. The van der Waals surface area contributed by atoms with Crippen LogP contribution in [-0.2, 0) is 23.8 Å². The Morgan fingerprint density at radius 2 is 2.16 bits per heavy atom. The van der Waals surface area contributed by atoms with Crippen LogP contribution in [0.2, 0.25) is 0 Å². The fraction of sp³-hybridized carbons (Fsp3) is 0.692. The summed E-state index contributed by atoms with van der Waals surface area (Å²) in [4.78, 5) is 22.8. The minimum atomic E-state index is -0.992. The molecule has 0 spiro atoms. The predicted molar refractivity (Wildman–Crippen MR) is 63.5 cm³/mol. The molecule has 0 aromatic carbocycles. The molecule has 0 amide bonds. The number of carbonyl (C=O) groups excluding carboxylic acids is 2. The van der Waals surface area contributed by atoms with Gasteiger partial charge in [-0.15, -0.1) is 0 Å². The molecular weight excluding hydrogens is 252 g/mol. The molecule has 1 aliphatic carbocycles. The number of esters is 2. The van der Waals surface area contributed by atoms with Gasteiger partial charge in [0.2, 0.25) is 0 Å². The van der Waals surface area contributed by atoms with E-state index >= 15 is 0 Å². The van der Waals surface area contributed by atoms with Crippen molar-refractivity contribution in [3.05, 3.63) is 11.8 Å². The van der Waals surface area contributed by atoms with Crippen LogP contribution < -0.4 is 0 Å². The van der Waals surface area contributed by atoms with E-state index in [4.69, 9.17) is 14.2 Å². The maximum absolute atomic E-state index is 11.7. The molecule has 0 saturated heterocycles. The molecule has 1 heterocycles. The van der Waals surface area contributed by atoms with Gasteiger partial charge in [-0.1, -0.05) is 6.92 Å². The van der Waals surface area contributed by atoms with Gasteiger partial charge in [0.25, 0.3) is 0 Å². The van der Waals surface area contributed by atoms with Gasteiger partial charge in [-0.25, -0.2) is 4.79 Å². The summed E-state index contributed by atoms with van der Waals surface area (Å²) >= 11 is 0. The third-order valence-electron chi connectivity index (χ3n) is 3.95. The third-order valence-corrected chi connectivity index (χ3v) is 3.95. The lowest BCUT2D eigenvalue weighted by molar-refractivity contribution is -0.153. The third kappa shape index (κ3) is 2.45. The molecule has 0 aromatic rings. The number of fused-ring (bicyclic) bond motifs is 1. The summed E-state index contributed by atoms with van der Waals surface area (Å²) in [6, 6.07) is 0. The molecule has 1 fully saturated rings. The summed E-state index contributed by atoms with van der Waals surface area (Å²) in [6.07, 6.45) is 0.429. The minimum absolute atomic E-state index is 0.0859. The molecule has 5 atom stereocenters. The summed E-state index contributed by atoms with van der Waals surface area (Å²) < 4.78 is 15.1. The van der Waals surface area contributed by atoms with Crippen LogP contribution in [-0.4, -0.2) is 36.5 Å². The first kappa shape index (κ1) is 13.9. The van der Waals surface area contributed by atoms with Crippen molar-refractivity contribution >= 4 is 11.9 Å². The molecule has 2 aliphatic rings. The Kier molecular flexibility index (Phi) is 3.80. The molecule has 0 radical (unpaired) electrons. The fourth-order valence-electron chi connectivity index (χ4n) is 3.04. The Hall–Kier alpha value is -1.56. The number of methoxy groups -OCH3 is 1. The van der Waals surface area contributed by atoms with Crippen molar-refractivity contribution in [1.29, 1.82) is 0 Å². The monoisotopic (exact) mass is 270 g/mol. The van der Waals surface area contributed by atoms with Gasteiger partial charge in [0, 0.05) is 24.7 Å². The average Bonchev–Trinajstić information content (AvgIpc) is 2.66. The summed E-state index contributed by atoms with van der Waals surface area (Å²) in [7, 11) is 1.30. The minimum Gasteiger partial charge on any atom is -0.472 e. The quantitative estimate of drug-likeness (QED) is 0.740. The van der Waals surface area contributed by atoms with Gasteiger partial charge in [0.15, 0.2) is 6.29 Å². The van der Waals surface area contributed by atoms with Crippen LogP contribution in [0.1, 0.15) is 20.3 Å². The molecule has 0 bridgehead atoms. The number of aliphatic hydroxyl groups is 1. The van der Waals surface area contributed by atoms with Crippen LogP contribution in [0.5, 0.6) is 0 Å². The van der Waals surface area contributed by atoms with E-state index in [-0.39, 0.29) is 29.8 Å². The highest BCUT2D eigenvalue weighted by atomic mass is 16.6. The van der Waals surface area contributed by atoms with Crippen molar-refractivity contribution in [2.45, 2.75) is 32.7 Å². The van der Waals surface area contributed by atoms with Gasteiger partial charge in [-0.3, -0.25) is 4.79 Å². The lowest BCUT2D eigenvalue weighted by Crippen LogP contribution is -2.36. The van der Waals surface area contributed by atoms with Gasteiger partial charge in [-0.2, -0.15) is 0 Å². The van der Waals surface area contributed by atoms with E-state index in [2.05, 4.69) is 0 Å². The van der Waals surface area contributed by atoms with Crippen LogP contribution in [0, 0.1) is 17.8 Å².